The Morgan fingerprint density at radius 3 is 3.00 bits per heavy atom. The third kappa shape index (κ3) is 2.89. The number of halogens is 1. The summed E-state index contributed by atoms with van der Waals surface area (Å²) in [5, 5.41) is 0. The molecule has 0 amide bonds. The van der Waals surface area contributed by atoms with Crippen molar-refractivity contribution in [2.75, 3.05) is 0 Å². The van der Waals surface area contributed by atoms with Gasteiger partial charge in [0.2, 0.25) is 0 Å². The maximum Gasteiger partial charge on any atom is 0.165 e. The normalized spacial score (nSPS) is 24.6. The Bertz CT molecular complexity index is 394. The van der Waals surface area contributed by atoms with E-state index in [1.165, 1.54) is 0 Å². The van der Waals surface area contributed by atoms with E-state index in [2.05, 4.69) is 20.9 Å². The summed E-state index contributed by atoms with van der Waals surface area (Å²) < 4.78 is 6.45. The molecule has 1 aliphatic heterocycles. The fraction of sp³-hybridized carbons (Fsp3) is 0.500. The minimum absolute atomic E-state index is 0.157. The van der Waals surface area contributed by atoms with Gasteiger partial charge in [-0.2, -0.15) is 0 Å². The van der Waals surface area contributed by atoms with Crippen LogP contribution in [0, 0.1) is 0 Å². The first-order valence-electron chi connectivity index (χ1n) is 5.43. The van der Waals surface area contributed by atoms with Crippen molar-refractivity contribution in [2.24, 2.45) is 0 Å². The van der Waals surface area contributed by atoms with Gasteiger partial charge in [-0.05, 0) is 47.3 Å². The van der Waals surface area contributed by atoms with Crippen molar-refractivity contribution in [1.82, 2.24) is 4.98 Å². The highest BCUT2D eigenvalue weighted by Crippen LogP contribution is 2.21. The van der Waals surface area contributed by atoms with Crippen molar-refractivity contribution in [3.8, 4) is 0 Å². The minimum Gasteiger partial charge on any atom is -0.367 e. The Labute approximate surface area is 103 Å². The molecule has 1 aromatic heterocycles. The zero-order chi connectivity index (χ0) is 11.5. The smallest absolute Gasteiger partial charge is 0.165 e. The summed E-state index contributed by atoms with van der Waals surface area (Å²) in [4.78, 5) is 15.9. The fourth-order valence-corrected chi connectivity index (χ4v) is 2.32. The van der Waals surface area contributed by atoms with Crippen molar-refractivity contribution in [1.29, 1.82) is 0 Å². The third-order valence-electron chi connectivity index (χ3n) is 2.73. The molecule has 0 aliphatic carbocycles. The van der Waals surface area contributed by atoms with E-state index in [0.717, 1.165) is 22.9 Å². The topological polar surface area (TPSA) is 39.2 Å². The van der Waals surface area contributed by atoms with E-state index >= 15 is 0 Å². The second-order valence-corrected chi connectivity index (χ2v) is 5.08. The molecule has 2 unspecified atom stereocenters. The number of rotatable bonds is 3. The summed E-state index contributed by atoms with van der Waals surface area (Å²) in [6.45, 7) is 2.01. The summed E-state index contributed by atoms with van der Waals surface area (Å²) in [7, 11) is 0. The Kier molecular flexibility index (Phi) is 3.71. The quantitative estimate of drug-likeness (QED) is 0.856. The van der Waals surface area contributed by atoms with Crippen LogP contribution in [-0.4, -0.2) is 23.0 Å². The molecule has 4 heteroatoms. The van der Waals surface area contributed by atoms with Crippen LogP contribution in [0.2, 0.25) is 0 Å². The molecule has 0 radical (unpaired) electrons. The number of ether oxygens (including phenoxy) is 1. The third-order valence-corrected chi connectivity index (χ3v) is 3.16. The maximum absolute atomic E-state index is 11.9. The monoisotopic (exact) mass is 283 g/mol. The van der Waals surface area contributed by atoms with E-state index in [4.69, 9.17) is 4.74 Å². The first kappa shape index (κ1) is 11.7. The van der Waals surface area contributed by atoms with Gasteiger partial charge in [-0.3, -0.25) is 9.78 Å². The molecule has 2 atom stereocenters. The molecule has 86 valence electrons. The van der Waals surface area contributed by atoms with Gasteiger partial charge in [-0.15, -0.1) is 0 Å². The van der Waals surface area contributed by atoms with Gasteiger partial charge in [-0.1, -0.05) is 0 Å². The van der Waals surface area contributed by atoms with E-state index in [1.54, 1.807) is 12.4 Å². The number of hydrogen-bond donors (Lipinski definition) is 0. The molecule has 0 aromatic carbocycles. The van der Waals surface area contributed by atoms with Gasteiger partial charge in [0, 0.05) is 23.3 Å². The molecule has 1 saturated heterocycles. The number of carbonyl (C=O) groups excluding carboxylic acids is 1. The predicted molar refractivity (Wildman–Crippen MR) is 64.2 cm³/mol. The van der Waals surface area contributed by atoms with Gasteiger partial charge in [0.25, 0.3) is 0 Å². The summed E-state index contributed by atoms with van der Waals surface area (Å²) >= 11 is 3.34. The largest absolute Gasteiger partial charge is 0.367 e. The second kappa shape index (κ2) is 5.06. The number of nitrogens with zero attached hydrogens (tertiary/aromatic N) is 1. The lowest BCUT2D eigenvalue weighted by Crippen LogP contribution is -2.22. The van der Waals surface area contributed by atoms with Crippen LogP contribution in [0.3, 0.4) is 0 Å². The SMILES string of the molecule is CC1CCC(C(=O)Cc2cncc(Br)c2)O1. The van der Waals surface area contributed by atoms with Gasteiger partial charge in [-0.25, -0.2) is 0 Å². The fourth-order valence-electron chi connectivity index (χ4n) is 1.91. The van der Waals surface area contributed by atoms with Crippen molar-refractivity contribution >= 4 is 21.7 Å². The number of aromatic nitrogens is 1. The Morgan fingerprint density at radius 1 is 1.56 bits per heavy atom. The number of pyridine rings is 1. The predicted octanol–water partition coefficient (Wildman–Crippen LogP) is 2.52. The summed E-state index contributed by atoms with van der Waals surface area (Å²) in [6.07, 6.45) is 5.67. The molecule has 3 nitrogen and oxygen atoms in total. The molecule has 2 heterocycles. The maximum atomic E-state index is 11.9. The van der Waals surface area contributed by atoms with E-state index < -0.39 is 0 Å². The van der Waals surface area contributed by atoms with Gasteiger partial charge in [0.1, 0.15) is 6.10 Å². The molecule has 1 aliphatic rings. The van der Waals surface area contributed by atoms with Crippen molar-refractivity contribution in [3.05, 3.63) is 28.5 Å². The van der Waals surface area contributed by atoms with Gasteiger partial charge < -0.3 is 4.74 Å². The van der Waals surface area contributed by atoms with Crippen LogP contribution in [-0.2, 0) is 16.0 Å². The highest BCUT2D eigenvalue weighted by Gasteiger charge is 2.27. The lowest BCUT2D eigenvalue weighted by Gasteiger charge is -2.09. The number of carbonyl (C=O) groups is 1. The zero-order valence-electron chi connectivity index (χ0n) is 9.15. The molecule has 1 aromatic rings. The highest BCUT2D eigenvalue weighted by atomic mass is 79.9. The standard InChI is InChI=1S/C12H14BrNO2/c1-8-2-3-12(16-8)11(15)5-9-4-10(13)7-14-6-9/h4,6-8,12H,2-3,5H2,1H3. The molecule has 2 rings (SSSR count). The average molecular weight is 284 g/mol. The van der Waals surface area contributed by atoms with E-state index in [-0.39, 0.29) is 18.0 Å². The van der Waals surface area contributed by atoms with Crippen molar-refractivity contribution in [3.63, 3.8) is 0 Å². The van der Waals surface area contributed by atoms with Crippen molar-refractivity contribution < 1.29 is 9.53 Å². The number of hydrogen-bond acceptors (Lipinski definition) is 3. The van der Waals surface area contributed by atoms with Crippen molar-refractivity contribution in [2.45, 2.75) is 38.4 Å². The molecule has 16 heavy (non-hydrogen) atoms. The van der Waals surface area contributed by atoms with Crippen LogP contribution in [0.5, 0.6) is 0 Å². The van der Waals surface area contributed by atoms with Crippen LogP contribution in [0.1, 0.15) is 25.3 Å². The van der Waals surface area contributed by atoms with Gasteiger partial charge >= 0.3 is 0 Å². The van der Waals surface area contributed by atoms with Crippen LogP contribution >= 0.6 is 15.9 Å². The second-order valence-electron chi connectivity index (χ2n) is 4.17. The number of ketones is 1. The van der Waals surface area contributed by atoms with Crippen LogP contribution in [0.25, 0.3) is 0 Å². The highest BCUT2D eigenvalue weighted by molar-refractivity contribution is 9.10. The van der Waals surface area contributed by atoms with E-state index in [1.807, 2.05) is 13.0 Å². The molecule has 1 fully saturated rings. The van der Waals surface area contributed by atoms with E-state index in [9.17, 15) is 4.79 Å². The molecular formula is C12H14BrNO2. The first-order chi connectivity index (χ1) is 7.65. The van der Waals surface area contributed by atoms with Gasteiger partial charge in [0.05, 0.1) is 6.10 Å². The lowest BCUT2D eigenvalue weighted by atomic mass is 10.0. The molecule has 0 saturated carbocycles. The summed E-state index contributed by atoms with van der Waals surface area (Å²) in [6, 6.07) is 1.92. The Morgan fingerprint density at radius 2 is 2.38 bits per heavy atom. The molecular weight excluding hydrogens is 270 g/mol. The van der Waals surface area contributed by atoms with Crippen LogP contribution in [0.15, 0.2) is 22.9 Å². The first-order valence-corrected chi connectivity index (χ1v) is 6.22. The van der Waals surface area contributed by atoms with Gasteiger partial charge in [0.15, 0.2) is 5.78 Å². The Balaban J connectivity index is 1.97. The van der Waals surface area contributed by atoms with E-state index in [0.29, 0.717) is 6.42 Å². The van der Waals surface area contributed by atoms with Crippen LogP contribution < -0.4 is 0 Å². The molecule has 0 spiro atoms. The Hall–Kier alpha value is -0.740. The summed E-state index contributed by atoms with van der Waals surface area (Å²) in [5.74, 6) is 0.157. The van der Waals surface area contributed by atoms with Crippen LogP contribution in [0.4, 0.5) is 0 Å². The molecule has 0 N–H and O–H groups in total. The summed E-state index contributed by atoms with van der Waals surface area (Å²) in [5.41, 5.74) is 0.933. The molecule has 0 bridgehead atoms. The zero-order valence-corrected chi connectivity index (χ0v) is 10.7. The number of Topliss-reactive ketones (excluding diaryl/α,β-unsaturated/α-hetero) is 1. The lowest BCUT2D eigenvalue weighted by molar-refractivity contribution is -0.128. The average Bonchev–Trinajstić information content (AvgIpc) is 2.65. The minimum atomic E-state index is -0.214.